The summed E-state index contributed by atoms with van der Waals surface area (Å²) in [5.41, 5.74) is 1.87. The number of Topliss-reactive ketones (excluding diaryl/α,β-unsaturated/α-hetero) is 1. The van der Waals surface area contributed by atoms with Crippen molar-refractivity contribution in [2.45, 2.75) is 33.1 Å². The Hall–Kier alpha value is -1.62. The summed E-state index contributed by atoms with van der Waals surface area (Å²) in [6.07, 6.45) is 2.47. The summed E-state index contributed by atoms with van der Waals surface area (Å²) in [4.78, 5) is 14.7. The van der Waals surface area contributed by atoms with Crippen LogP contribution in [0.2, 0.25) is 0 Å². The fourth-order valence-electron chi connectivity index (χ4n) is 1.49. The average Bonchev–Trinajstić information content (AvgIpc) is 2.29. The summed E-state index contributed by atoms with van der Waals surface area (Å²) < 4.78 is 0. The quantitative estimate of drug-likeness (QED) is 0.685. The second kappa shape index (κ2) is 6.07. The van der Waals surface area contributed by atoms with Gasteiger partial charge in [0.2, 0.25) is 0 Å². The monoisotopic (exact) mass is 215 g/mol. The molecule has 0 N–H and O–H groups in total. The fourth-order valence-corrected chi connectivity index (χ4v) is 1.49. The summed E-state index contributed by atoms with van der Waals surface area (Å²) in [5.74, 6) is 0.474. The molecule has 0 aliphatic rings. The van der Waals surface area contributed by atoms with Gasteiger partial charge in [-0.3, -0.25) is 4.79 Å². The summed E-state index contributed by atoms with van der Waals surface area (Å²) in [6, 6.07) is 7.58. The van der Waals surface area contributed by atoms with Crippen molar-refractivity contribution in [3.63, 3.8) is 0 Å². The Labute approximate surface area is 97.1 Å². The van der Waals surface area contributed by atoms with Crippen LogP contribution in [0.25, 0.3) is 4.85 Å². The van der Waals surface area contributed by atoms with Gasteiger partial charge in [-0.25, -0.2) is 4.85 Å². The molecule has 84 valence electrons. The molecule has 0 aromatic heterocycles. The highest BCUT2D eigenvalue weighted by Crippen LogP contribution is 2.14. The summed E-state index contributed by atoms with van der Waals surface area (Å²) in [5, 5.41) is 0. The standard InChI is InChI=1S/C14H17NO/c1-11(2)14(16)6-4-5-12-7-9-13(15-3)10-8-12/h7-11H,4-6H2,1-2H3. The molecule has 0 atom stereocenters. The molecule has 0 fully saturated rings. The number of nitrogens with zero attached hydrogens (tertiary/aromatic N) is 1. The maximum Gasteiger partial charge on any atom is 0.187 e. The summed E-state index contributed by atoms with van der Waals surface area (Å²) in [6.45, 7) is 10.7. The average molecular weight is 215 g/mol. The van der Waals surface area contributed by atoms with Crippen LogP contribution in [0.5, 0.6) is 0 Å². The molecular formula is C14H17NO. The van der Waals surface area contributed by atoms with E-state index < -0.39 is 0 Å². The van der Waals surface area contributed by atoms with Crippen LogP contribution in [0, 0.1) is 12.5 Å². The Kier molecular flexibility index (Phi) is 4.72. The second-order valence-electron chi connectivity index (χ2n) is 4.25. The largest absolute Gasteiger partial charge is 0.299 e. The SMILES string of the molecule is [C-]#[N+]c1ccc(CCCC(=O)C(C)C)cc1. The molecular weight excluding hydrogens is 198 g/mol. The van der Waals surface area contributed by atoms with Gasteiger partial charge in [0.15, 0.2) is 5.69 Å². The van der Waals surface area contributed by atoms with Crippen molar-refractivity contribution >= 4 is 11.5 Å². The first kappa shape index (κ1) is 12.4. The predicted octanol–water partition coefficient (Wildman–Crippen LogP) is 3.79. The Balaban J connectivity index is 2.38. The molecule has 2 heteroatoms. The third kappa shape index (κ3) is 3.86. The molecule has 0 saturated carbocycles. The first-order valence-corrected chi connectivity index (χ1v) is 5.62. The number of ketones is 1. The van der Waals surface area contributed by atoms with E-state index in [2.05, 4.69) is 4.85 Å². The fraction of sp³-hybridized carbons (Fsp3) is 0.429. The van der Waals surface area contributed by atoms with E-state index in [1.165, 1.54) is 5.56 Å². The van der Waals surface area contributed by atoms with Crippen molar-refractivity contribution in [3.8, 4) is 0 Å². The first-order valence-electron chi connectivity index (χ1n) is 5.62. The number of carbonyl (C=O) groups is 1. The van der Waals surface area contributed by atoms with Gasteiger partial charge in [-0.2, -0.15) is 0 Å². The van der Waals surface area contributed by atoms with Gasteiger partial charge >= 0.3 is 0 Å². The maximum absolute atomic E-state index is 11.4. The van der Waals surface area contributed by atoms with Crippen LogP contribution in [0.1, 0.15) is 32.3 Å². The van der Waals surface area contributed by atoms with Gasteiger partial charge in [0.05, 0.1) is 6.57 Å². The zero-order valence-corrected chi connectivity index (χ0v) is 9.86. The van der Waals surface area contributed by atoms with Gasteiger partial charge in [-0.05, 0) is 12.8 Å². The van der Waals surface area contributed by atoms with Crippen molar-refractivity contribution in [1.29, 1.82) is 0 Å². The van der Waals surface area contributed by atoms with Crippen molar-refractivity contribution in [2.24, 2.45) is 5.92 Å². The molecule has 2 nitrogen and oxygen atoms in total. The number of benzene rings is 1. The molecule has 1 aromatic carbocycles. The third-order valence-electron chi connectivity index (χ3n) is 2.60. The number of aryl methyl sites for hydroxylation is 1. The smallest absolute Gasteiger partial charge is 0.187 e. The van der Waals surface area contributed by atoms with Crippen molar-refractivity contribution in [3.05, 3.63) is 41.2 Å². The van der Waals surface area contributed by atoms with Crippen LogP contribution in [0.4, 0.5) is 5.69 Å². The molecule has 0 aliphatic carbocycles. The van der Waals surface area contributed by atoms with Crippen LogP contribution in [0.15, 0.2) is 24.3 Å². The maximum atomic E-state index is 11.4. The lowest BCUT2D eigenvalue weighted by Crippen LogP contribution is -2.06. The number of rotatable bonds is 5. The van der Waals surface area contributed by atoms with E-state index >= 15 is 0 Å². The molecule has 0 spiro atoms. The van der Waals surface area contributed by atoms with Crippen LogP contribution >= 0.6 is 0 Å². The van der Waals surface area contributed by atoms with Crippen LogP contribution in [-0.4, -0.2) is 5.78 Å². The highest BCUT2D eigenvalue weighted by molar-refractivity contribution is 5.80. The third-order valence-corrected chi connectivity index (χ3v) is 2.60. The van der Waals surface area contributed by atoms with Gasteiger partial charge in [0.25, 0.3) is 0 Å². The Bertz CT molecular complexity index is 384. The zero-order valence-electron chi connectivity index (χ0n) is 9.86. The highest BCUT2D eigenvalue weighted by Gasteiger charge is 2.06. The molecule has 0 saturated heterocycles. The Morgan fingerprint density at radius 1 is 1.31 bits per heavy atom. The van der Waals surface area contributed by atoms with Crippen LogP contribution in [0.3, 0.4) is 0 Å². The Morgan fingerprint density at radius 2 is 1.94 bits per heavy atom. The lowest BCUT2D eigenvalue weighted by molar-refractivity contribution is -0.121. The number of hydrogen-bond acceptors (Lipinski definition) is 1. The molecule has 0 amide bonds. The van der Waals surface area contributed by atoms with E-state index in [0.29, 0.717) is 17.9 Å². The molecule has 0 aliphatic heterocycles. The first-order chi connectivity index (χ1) is 7.63. The molecule has 16 heavy (non-hydrogen) atoms. The van der Waals surface area contributed by atoms with E-state index in [4.69, 9.17) is 6.57 Å². The normalized spacial score (nSPS) is 10.1. The molecule has 0 bridgehead atoms. The van der Waals surface area contributed by atoms with E-state index in [1.807, 2.05) is 38.1 Å². The minimum atomic E-state index is 0.143. The van der Waals surface area contributed by atoms with Gasteiger partial charge in [0.1, 0.15) is 5.78 Å². The summed E-state index contributed by atoms with van der Waals surface area (Å²) in [7, 11) is 0. The van der Waals surface area contributed by atoms with Gasteiger partial charge in [0, 0.05) is 12.3 Å². The zero-order chi connectivity index (χ0) is 12.0. The number of hydrogen-bond donors (Lipinski definition) is 0. The number of carbonyl (C=O) groups excluding carboxylic acids is 1. The van der Waals surface area contributed by atoms with Crippen molar-refractivity contribution in [2.75, 3.05) is 0 Å². The minimum absolute atomic E-state index is 0.143. The van der Waals surface area contributed by atoms with E-state index in [1.54, 1.807) is 0 Å². The molecule has 0 unspecified atom stereocenters. The summed E-state index contributed by atoms with van der Waals surface area (Å²) >= 11 is 0. The van der Waals surface area contributed by atoms with Crippen LogP contribution in [-0.2, 0) is 11.2 Å². The van der Waals surface area contributed by atoms with Crippen molar-refractivity contribution < 1.29 is 4.79 Å². The lowest BCUT2D eigenvalue weighted by atomic mass is 10.0. The molecule has 1 aromatic rings. The van der Waals surface area contributed by atoms with Gasteiger partial charge < -0.3 is 0 Å². The topological polar surface area (TPSA) is 21.4 Å². The molecule has 0 radical (unpaired) electrons. The second-order valence-corrected chi connectivity index (χ2v) is 4.25. The Morgan fingerprint density at radius 3 is 2.44 bits per heavy atom. The predicted molar refractivity (Wildman–Crippen MR) is 65.5 cm³/mol. The van der Waals surface area contributed by atoms with Crippen LogP contribution < -0.4 is 0 Å². The molecule has 1 rings (SSSR count). The minimum Gasteiger partial charge on any atom is -0.299 e. The van der Waals surface area contributed by atoms with E-state index in [-0.39, 0.29) is 5.92 Å². The van der Waals surface area contributed by atoms with Crippen molar-refractivity contribution in [1.82, 2.24) is 0 Å². The molecule has 0 heterocycles. The van der Waals surface area contributed by atoms with Gasteiger partial charge in [-0.1, -0.05) is 43.7 Å². The lowest BCUT2D eigenvalue weighted by Gasteiger charge is -2.04. The highest BCUT2D eigenvalue weighted by atomic mass is 16.1. The van der Waals surface area contributed by atoms with E-state index in [9.17, 15) is 4.79 Å². The van der Waals surface area contributed by atoms with E-state index in [0.717, 1.165) is 12.8 Å². The van der Waals surface area contributed by atoms with Gasteiger partial charge in [-0.15, -0.1) is 0 Å².